The fourth-order valence-electron chi connectivity index (χ4n) is 2.44. The van der Waals surface area contributed by atoms with Crippen LogP contribution in [0.15, 0.2) is 47.8 Å². The van der Waals surface area contributed by atoms with E-state index in [0.717, 1.165) is 28.5 Å². The Balaban J connectivity index is 1.79. The maximum atomic E-state index is 10.00. The van der Waals surface area contributed by atoms with E-state index in [4.69, 9.17) is 5.73 Å². The maximum Gasteiger partial charge on any atom is 0.124 e. The van der Waals surface area contributed by atoms with Gasteiger partial charge in [-0.05, 0) is 47.0 Å². The molecule has 0 aliphatic heterocycles. The van der Waals surface area contributed by atoms with Crippen molar-refractivity contribution >= 4 is 21.4 Å². The van der Waals surface area contributed by atoms with E-state index in [1.807, 2.05) is 6.07 Å². The number of phenolic OH excluding ortho intramolecular Hbond substituents is 1. The van der Waals surface area contributed by atoms with Gasteiger partial charge >= 0.3 is 0 Å². The summed E-state index contributed by atoms with van der Waals surface area (Å²) in [5.74, 6) is 0.386. The second-order valence-electron chi connectivity index (χ2n) is 4.93. The lowest BCUT2D eigenvalue weighted by molar-refractivity contribution is 0.481. The zero-order valence-electron chi connectivity index (χ0n) is 11.2. The number of aromatic hydroxyl groups is 1. The molecule has 0 aliphatic rings. The van der Waals surface area contributed by atoms with E-state index in [9.17, 15) is 5.11 Å². The molecule has 0 spiro atoms. The zero-order valence-corrected chi connectivity index (χ0v) is 12.0. The van der Waals surface area contributed by atoms with Crippen LogP contribution in [-0.4, -0.2) is 5.11 Å². The first-order valence-electron chi connectivity index (χ1n) is 6.74. The van der Waals surface area contributed by atoms with Gasteiger partial charge < -0.3 is 10.8 Å². The lowest BCUT2D eigenvalue weighted by atomic mass is 10.0. The van der Waals surface area contributed by atoms with Gasteiger partial charge in [0.15, 0.2) is 0 Å². The largest absolute Gasteiger partial charge is 0.507 e. The van der Waals surface area contributed by atoms with Gasteiger partial charge in [0.25, 0.3) is 0 Å². The summed E-state index contributed by atoms with van der Waals surface area (Å²) in [5, 5.41) is 13.2. The number of rotatable bonds is 4. The zero-order chi connectivity index (χ0) is 13.9. The van der Waals surface area contributed by atoms with E-state index in [1.54, 1.807) is 17.4 Å². The topological polar surface area (TPSA) is 46.2 Å². The average Bonchev–Trinajstić information content (AvgIpc) is 2.90. The minimum atomic E-state index is 0.386. The third-order valence-corrected chi connectivity index (χ3v) is 4.59. The molecule has 3 aromatic rings. The quantitative estimate of drug-likeness (QED) is 0.764. The summed E-state index contributed by atoms with van der Waals surface area (Å²) < 4.78 is 1.15. The summed E-state index contributed by atoms with van der Waals surface area (Å²) in [6.07, 6.45) is 1.92. The van der Waals surface area contributed by atoms with Crippen molar-refractivity contribution in [2.24, 2.45) is 5.73 Å². The fraction of sp³-hybridized carbons (Fsp3) is 0.176. The molecular weight excluding hydrogens is 266 g/mol. The van der Waals surface area contributed by atoms with Gasteiger partial charge in [-0.15, -0.1) is 11.3 Å². The van der Waals surface area contributed by atoms with Gasteiger partial charge in [-0.1, -0.05) is 30.3 Å². The van der Waals surface area contributed by atoms with Crippen molar-refractivity contribution in [1.82, 2.24) is 0 Å². The fourth-order valence-corrected chi connectivity index (χ4v) is 3.45. The van der Waals surface area contributed by atoms with Crippen molar-refractivity contribution < 1.29 is 5.11 Å². The molecule has 20 heavy (non-hydrogen) atoms. The predicted octanol–water partition coefficient (Wildman–Crippen LogP) is 3.85. The van der Waals surface area contributed by atoms with E-state index in [-0.39, 0.29) is 0 Å². The van der Waals surface area contributed by atoms with Crippen LogP contribution < -0.4 is 5.73 Å². The SMILES string of the molecule is NCc1ccc(CCc2csc3cccc(O)c23)cc1. The van der Waals surface area contributed by atoms with E-state index in [2.05, 4.69) is 35.7 Å². The van der Waals surface area contributed by atoms with Crippen LogP contribution in [0.1, 0.15) is 16.7 Å². The van der Waals surface area contributed by atoms with E-state index >= 15 is 0 Å². The normalized spacial score (nSPS) is 11.1. The van der Waals surface area contributed by atoms with Crippen LogP contribution in [0.3, 0.4) is 0 Å². The van der Waals surface area contributed by atoms with Crippen LogP contribution in [0.25, 0.3) is 10.1 Å². The minimum Gasteiger partial charge on any atom is -0.507 e. The number of nitrogens with two attached hydrogens (primary N) is 1. The third-order valence-electron chi connectivity index (χ3n) is 3.60. The molecule has 2 aromatic carbocycles. The average molecular weight is 283 g/mol. The van der Waals surface area contributed by atoms with Gasteiger partial charge in [0.05, 0.1) is 0 Å². The van der Waals surface area contributed by atoms with Gasteiger partial charge in [-0.2, -0.15) is 0 Å². The van der Waals surface area contributed by atoms with Crippen molar-refractivity contribution in [3.05, 3.63) is 64.5 Å². The number of thiophene rings is 1. The van der Waals surface area contributed by atoms with Crippen LogP contribution in [0, 0.1) is 0 Å². The number of hydrogen-bond donors (Lipinski definition) is 2. The molecule has 1 heterocycles. The molecule has 3 heteroatoms. The predicted molar refractivity (Wildman–Crippen MR) is 85.2 cm³/mol. The van der Waals surface area contributed by atoms with Gasteiger partial charge in [0.2, 0.25) is 0 Å². The Hall–Kier alpha value is -1.84. The Morgan fingerprint density at radius 2 is 1.70 bits per heavy atom. The molecule has 0 saturated carbocycles. The minimum absolute atomic E-state index is 0.386. The molecule has 0 bridgehead atoms. The monoisotopic (exact) mass is 283 g/mol. The molecular formula is C17H17NOS. The molecule has 0 fully saturated rings. The van der Waals surface area contributed by atoms with E-state index in [0.29, 0.717) is 12.3 Å². The van der Waals surface area contributed by atoms with Gasteiger partial charge in [0.1, 0.15) is 5.75 Å². The van der Waals surface area contributed by atoms with Gasteiger partial charge in [-0.3, -0.25) is 0 Å². The summed E-state index contributed by atoms with van der Waals surface area (Å²) in [5.41, 5.74) is 9.29. The first-order valence-corrected chi connectivity index (χ1v) is 7.62. The van der Waals surface area contributed by atoms with Crippen molar-refractivity contribution in [3.63, 3.8) is 0 Å². The van der Waals surface area contributed by atoms with Crippen LogP contribution in [0.5, 0.6) is 5.75 Å². The van der Waals surface area contributed by atoms with Gasteiger partial charge in [-0.25, -0.2) is 0 Å². The van der Waals surface area contributed by atoms with Crippen LogP contribution in [0.2, 0.25) is 0 Å². The molecule has 102 valence electrons. The number of hydrogen-bond acceptors (Lipinski definition) is 3. The van der Waals surface area contributed by atoms with Crippen molar-refractivity contribution in [2.75, 3.05) is 0 Å². The summed E-state index contributed by atoms with van der Waals surface area (Å²) in [4.78, 5) is 0. The van der Waals surface area contributed by atoms with E-state index in [1.165, 1.54) is 11.1 Å². The highest BCUT2D eigenvalue weighted by atomic mass is 32.1. The maximum absolute atomic E-state index is 10.00. The van der Waals surface area contributed by atoms with Crippen LogP contribution >= 0.6 is 11.3 Å². The second kappa shape index (κ2) is 5.65. The first kappa shape index (κ1) is 13.2. The highest BCUT2D eigenvalue weighted by molar-refractivity contribution is 7.17. The van der Waals surface area contributed by atoms with Gasteiger partial charge in [0, 0.05) is 16.6 Å². The Labute approximate surface area is 122 Å². The lowest BCUT2D eigenvalue weighted by Crippen LogP contribution is -1.96. The first-order chi connectivity index (χ1) is 9.78. The van der Waals surface area contributed by atoms with Crippen molar-refractivity contribution in [2.45, 2.75) is 19.4 Å². The Morgan fingerprint density at radius 1 is 0.950 bits per heavy atom. The molecule has 0 atom stereocenters. The summed E-state index contributed by atoms with van der Waals surface area (Å²) in [6.45, 7) is 0.587. The summed E-state index contributed by atoms with van der Waals surface area (Å²) in [7, 11) is 0. The highest BCUT2D eigenvalue weighted by Gasteiger charge is 2.08. The Morgan fingerprint density at radius 3 is 2.45 bits per heavy atom. The van der Waals surface area contributed by atoms with Crippen molar-refractivity contribution in [3.8, 4) is 5.75 Å². The summed E-state index contributed by atoms with van der Waals surface area (Å²) in [6, 6.07) is 14.1. The standard InChI is InChI=1S/C17H17NOS/c18-10-13-6-4-12(5-7-13)8-9-14-11-20-16-3-1-2-15(19)17(14)16/h1-7,11,19H,8-10,18H2. The molecule has 0 aliphatic carbocycles. The molecule has 1 aromatic heterocycles. The third kappa shape index (κ3) is 2.55. The molecule has 3 rings (SSSR count). The lowest BCUT2D eigenvalue weighted by Gasteiger charge is -2.04. The Kier molecular flexibility index (Phi) is 3.72. The summed E-state index contributed by atoms with van der Waals surface area (Å²) >= 11 is 1.69. The molecule has 0 unspecified atom stereocenters. The van der Waals surface area contributed by atoms with Crippen LogP contribution in [-0.2, 0) is 19.4 Å². The molecule has 3 N–H and O–H groups in total. The smallest absolute Gasteiger partial charge is 0.124 e. The van der Waals surface area contributed by atoms with Crippen molar-refractivity contribution in [1.29, 1.82) is 0 Å². The second-order valence-corrected chi connectivity index (χ2v) is 5.84. The molecule has 0 radical (unpaired) electrons. The molecule has 0 saturated heterocycles. The number of fused-ring (bicyclic) bond motifs is 1. The van der Waals surface area contributed by atoms with Crippen LogP contribution in [0.4, 0.5) is 0 Å². The van der Waals surface area contributed by atoms with E-state index < -0.39 is 0 Å². The highest BCUT2D eigenvalue weighted by Crippen LogP contribution is 2.33. The number of aryl methyl sites for hydroxylation is 2. The number of benzene rings is 2. The molecule has 2 nitrogen and oxygen atoms in total. The number of phenols is 1. The Bertz CT molecular complexity index is 715. The molecule has 0 amide bonds.